The molecular weight excluding hydrogens is 158 g/mol. The lowest BCUT2D eigenvalue weighted by atomic mass is 10.4. The molecule has 2 rings (SSSR count). The van der Waals surface area contributed by atoms with Crippen molar-refractivity contribution in [3.63, 3.8) is 0 Å². The van der Waals surface area contributed by atoms with Crippen molar-refractivity contribution in [1.29, 1.82) is 0 Å². The Morgan fingerprint density at radius 2 is 2.64 bits per heavy atom. The molecule has 2 N–H and O–H groups in total. The number of anilines is 1. The fourth-order valence-corrected chi connectivity index (χ4v) is 1.91. The Bertz CT molecular complexity index is 239. The number of hydrogen-bond donors (Lipinski definition) is 2. The molecule has 1 aromatic heterocycles. The summed E-state index contributed by atoms with van der Waals surface area (Å²) in [6.45, 7) is 0. The number of pyridine rings is 1. The lowest BCUT2D eigenvalue weighted by Gasteiger charge is -2.06. The highest BCUT2D eigenvalue weighted by molar-refractivity contribution is 8.00. The van der Waals surface area contributed by atoms with Crippen LogP contribution in [0.3, 0.4) is 0 Å². The van der Waals surface area contributed by atoms with Crippen LogP contribution in [0.1, 0.15) is 0 Å². The molecule has 1 aliphatic heterocycles. The minimum atomic E-state index is 0.278. The van der Waals surface area contributed by atoms with E-state index >= 15 is 0 Å². The van der Waals surface area contributed by atoms with E-state index in [0.29, 0.717) is 0 Å². The molecule has 0 amide bonds. The highest BCUT2D eigenvalue weighted by Crippen LogP contribution is 2.34. The van der Waals surface area contributed by atoms with Crippen molar-refractivity contribution in [3.8, 4) is 0 Å². The normalized spacial score (nSPS) is 21.0. The van der Waals surface area contributed by atoms with Gasteiger partial charge in [0.05, 0.1) is 5.69 Å². The number of aromatic nitrogens is 1. The van der Waals surface area contributed by atoms with Gasteiger partial charge in [-0.2, -0.15) is 0 Å². The maximum atomic E-state index is 4.22. The van der Waals surface area contributed by atoms with Crippen LogP contribution in [0.4, 0.5) is 5.69 Å². The van der Waals surface area contributed by atoms with E-state index in [1.165, 1.54) is 0 Å². The molecule has 0 aromatic carbocycles. The predicted molar refractivity (Wildman–Crippen MR) is 46.6 cm³/mol. The summed E-state index contributed by atoms with van der Waals surface area (Å²) in [5.41, 5.74) is 1.40. The van der Waals surface area contributed by atoms with E-state index < -0.39 is 0 Å². The third kappa shape index (κ3) is 1.19. The highest BCUT2D eigenvalue weighted by atomic mass is 32.2. The lowest BCUT2D eigenvalue weighted by Crippen LogP contribution is -2.25. The molecule has 58 valence electrons. The van der Waals surface area contributed by atoms with Gasteiger partial charge in [0.15, 0.2) is 0 Å². The van der Waals surface area contributed by atoms with Crippen LogP contribution >= 0.6 is 11.8 Å². The van der Waals surface area contributed by atoms with Crippen LogP contribution in [0.25, 0.3) is 0 Å². The second-order valence-corrected chi connectivity index (χ2v) is 3.38. The zero-order chi connectivity index (χ0) is 7.68. The molecule has 2 heterocycles. The molecule has 4 heteroatoms. The first-order chi connectivity index (χ1) is 5.40. The topological polar surface area (TPSA) is 37.0 Å². The first-order valence-electron chi connectivity index (χ1n) is 3.45. The van der Waals surface area contributed by atoms with Gasteiger partial charge >= 0.3 is 0 Å². The lowest BCUT2D eigenvalue weighted by molar-refractivity contribution is 0.828. The fourth-order valence-electron chi connectivity index (χ4n) is 1.01. The van der Waals surface area contributed by atoms with Crippen molar-refractivity contribution in [2.75, 3.05) is 12.4 Å². The van der Waals surface area contributed by atoms with Crippen molar-refractivity contribution in [3.05, 3.63) is 18.3 Å². The largest absolute Gasteiger partial charge is 0.359 e. The molecule has 0 saturated carbocycles. The summed E-state index contributed by atoms with van der Waals surface area (Å²) < 4.78 is 0. The van der Waals surface area contributed by atoms with Crippen LogP contribution in [0.15, 0.2) is 23.4 Å². The van der Waals surface area contributed by atoms with Gasteiger partial charge in [0, 0.05) is 6.20 Å². The van der Waals surface area contributed by atoms with Gasteiger partial charge in [0.1, 0.15) is 10.5 Å². The maximum Gasteiger partial charge on any atom is 0.131 e. The molecule has 0 spiro atoms. The SMILES string of the molecule is CNC1Nc2cccnc2S1. The number of fused-ring (bicyclic) bond motifs is 1. The van der Waals surface area contributed by atoms with E-state index in [4.69, 9.17) is 0 Å². The third-order valence-corrected chi connectivity index (χ3v) is 2.69. The zero-order valence-electron chi connectivity index (χ0n) is 6.16. The van der Waals surface area contributed by atoms with Crippen LogP contribution in [0, 0.1) is 0 Å². The van der Waals surface area contributed by atoms with Crippen LogP contribution < -0.4 is 10.6 Å². The number of thioether (sulfide) groups is 1. The molecule has 0 bridgehead atoms. The van der Waals surface area contributed by atoms with Crippen molar-refractivity contribution in [2.24, 2.45) is 0 Å². The number of nitrogens with one attached hydrogen (secondary N) is 2. The highest BCUT2D eigenvalue weighted by Gasteiger charge is 2.19. The molecule has 1 aromatic rings. The Morgan fingerprint density at radius 3 is 3.36 bits per heavy atom. The van der Waals surface area contributed by atoms with Gasteiger partial charge in [-0.3, -0.25) is 5.32 Å². The van der Waals surface area contributed by atoms with Gasteiger partial charge in [-0.25, -0.2) is 4.98 Å². The Balaban J connectivity index is 2.27. The molecule has 3 nitrogen and oxygen atoms in total. The predicted octanol–water partition coefficient (Wildman–Crippen LogP) is 1.10. The van der Waals surface area contributed by atoms with Crippen molar-refractivity contribution in [1.82, 2.24) is 10.3 Å². The smallest absolute Gasteiger partial charge is 0.131 e. The zero-order valence-corrected chi connectivity index (χ0v) is 6.98. The van der Waals surface area contributed by atoms with Gasteiger partial charge in [0.2, 0.25) is 0 Å². The van der Waals surface area contributed by atoms with Crippen molar-refractivity contribution in [2.45, 2.75) is 10.5 Å². The molecule has 0 radical (unpaired) electrons. The molecule has 0 aliphatic carbocycles. The third-order valence-electron chi connectivity index (χ3n) is 1.55. The number of nitrogens with zero attached hydrogens (tertiary/aromatic N) is 1. The Labute approximate surface area is 69.6 Å². The minimum Gasteiger partial charge on any atom is -0.359 e. The first kappa shape index (κ1) is 6.94. The minimum absolute atomic E-state index is 0.278. The summed E-state index contributed by atoms with van der Waals surface area (Å²) >= 11 is 1.70. The average Bonchev–Trinajstić information content (AvgIpc) is 2.46. The van der Waals surface area contributed by atoms with E-state index in [0.717, 1.165) is 10.7 Å². The van der Waals surface area contributed by atoms with E-state index in [-0.39, 0.29) is 5.50 Å². The molecule has 0 fully saturated rings. The van der Waals surface area contributed by atoms with Crippen molar-refractivity contribution < 1.29 is 0 Å². The van der Waals surface area contributed by atoms with Crippen LogP contribution in [-0.2, 0) is 0 Å². The van der Waals surface area contributed by atoms with Crippen LogP contribution in [-0.4, -0.2) is 17.5 Å². The molecule has 1 unspecified atom stereocenters. The Kier molecular flexibility index (Phi) is 1.71. The van der Waals surface area contributed by atoms with Crippen LogP contribution in [0.2, 0.25) is 0 Å². The van der Waals surface area contributed by atoms with Crippen molar-refractivity contribution >= 4 is 17.4 Å². The van der Waals surface area contributed by atoms with E-state index in [2.05, 4.69) is 15.6 Å². The van der Waals surface area contributed by atoms with Gasteiger partial charge < -0.3 is 5.32 Å². The summed E-state index contributed by atoms with van der Waals surface area (Å²) in [4.78, 5) is 4.22. The van der Waals surface area contributed by atoms with E-state index in [9.17, 15) is 0 Å². The second-order valence-electron chi connectivity index (χ2n) is 2.29. The number of rotatable bonds is 1. The van der Waals surface area contributed by atoms with Crippen LogP contribution in [0.5, 0.6) is 0 Å². The van der Waals surface area contributed by atoms with Gasteiger partial charge in [-0.1, -0.05) is 11.8 Å². The maximum absolute atomic E-state index is 4.22. The summed E-state index contributed by atoms with van der Waals surface area (Å²) in [7, 11) is 1.93. The molecule has 11 heavy (non-hydrogen) atoms. The van der Waals surface area contributed by atoms with Gasteiger partial charge in [-0.15, -0.1) is 0 Å². The molecule has 1 atom stereocenters. The molecule has 1 aliphatic rings. The Morgan fingerprint density at radius 1 is 1.73 bits per heavy atom. The summed E-state index contributed by atoms with van der Waals surface area (Å²) in [5, 5.41) is 7.47. The standard InChI is InChI=1S/C7H9N3S/c1-8-7-10-5-3-2-4-9-6(5)11-7/h2-4,7-8,10H,1H3. The summed E-state index contributed by atoms with van der Waals surface area (Å²) in [6.07, 6.45) is 1.81. The van der Waals surface area contributed by atoms with Gasteiger partial charge in [-0.05, 0) is 19.2 Å². The Hall–Kier alpha value is -0.740. The first-order valence-corrected chi connectivity index (χ1v) is 4.33. The quantitative estimate of drug-likeness (QED) is 0.657. The number of hydrogen-bond acceptors (Lipinski definition) is 4. The van der Waals surface area contributed by atoms with E-state index in [1.807, 2.05) is 25.4 Å². The molecular formula is C7H9N3S. The molecule has 0 saturated heterocycles. The summed E-state index contributed by atoms with van der Waals surface area (Å²) in [6, 6.07) is 3.97. The van der Waals surface area contributed by atoms with E-state index in [1.54, 1.807) is 11.8 Å². The summed E-state index contributed by atoms with van der Waals surface area (Å²) in [5.74, 6) is 0. The monoisotopic (exact) mass is 167 g/mol. The second kappa shape index (κ2) is 2.71. The van der Waals surface area contributed by atoms with Gasteiger partial charge in [0.25, 0.3) is 0 Å². The average molecular weight is 167 g/mol. The fraction of sp³-hybridized carbons (Fsp3) is 0.286.